The lowest BCUT2D eigenvalue weighted by Gasteiger charge is -2.09. The van der Waals surface area contributed by atoms with Gasteiger partial charge >= 0.3 is 0 Å². The molecule has 0 fully saturated rings. The van der Waals surface area contributed by atoms with Crippen LogP contribution in [0.5, 0.6) is 11.5 Å². The van der Waals surface area contributed by atoms with Gasteiger partial charge in [-0.3, -0.25) is 4.79 Å². The first-order valence-electron chi connectivity index (χ1n) is 7.76. The molecule has 0 atom stereocenters. The second-order valence-electron chi connectivity index (χ2n) is 5.44. The Morgan fingerprint density at radius 3 is 2.69 bits per heavy atom. The Hall–Kier alpha value is -3.07. The zero-order valence-electron chi connectivity index (χ0n) is 14.1. The quantitative estimate of drug-likeness (QED) is 0.521. The molecule has 0 bridgehead atoms. The van der Waals surface area contributed by atoms with E-state index in [1.807, 2.05) is 12.1 Å². The van der Waals surface area contributed by atoms with Crippen LogP contribution in [0.25, 0.3) is 22.1 Å². The molecule has 0 spiro atoms. The Balaban J connectivity index is 1.64. The van der Waals surface area contributed by atoms with Crippen molar-refractivity contribution in [1.82, 2.24) is 24.9 Å². The second-order valence-corrected chi connectivity index (χ2v) is 6.41. The number of benzene rings is 1. The van der Waals surface area contributed by atoms with E-state index < -0.39 is 0 Å². The summed E-state index contributed by atoms with van der Waals surface area (Å²) < 4.78 is 10.5. The number of thioether (sulfide) groups is 1. The predicted octanol–water partition coefficient (Wildman–Crippen LogP) is 2.50. The van der Waals surface area contributed by atoms with E-state index >= 15 is 0 Å². The summed E-state index contributed by atoms with van der Waals surface area (Å²) in [4.78, 5) is 31.5. The third kappa shape index (κ3) is 2.97. The third-order valence-electron chi connectivity index (χ3n) is 3.84. The average Bonchev–Trinajstić information content (AvgIpc) is 3.08. The van der Waals surface area contributed by atoms with Gasteiger partial charge in [-0.05, 0) is 18.2 Å². The highest BCUT2D eigenvalue weighted by Gasteiger charge is 2.12. The molecular weight excluding hydrogens is 354 g/mol. The number of rotatable bonds is 5. The lowest BCUT2D eigenvalue weighted by Crippen LogP contribution is -2.11. The zero-order valence-corrected chi connectivity index (χ0v) is 14.9. The number of imidazole rings is 1. The number of hydrogen-bond acceptors (Lipinski definition) is 7. The summed E-state index contributed by atoms with van der Waals surface area (Å²) in [6.07, 6.45) is 1.70. The number of fused-ring (bicyclic) bond motifs is 2. The van der Waals surface area contributed by atoms with E-state index in [4.69, 9.17) is 9.47 Å². The number of H-pyrrole nitrogens is 2. The molecule has 3 heterocycles. The van der Waals surface area contributed by atoms with Gasteiger partial charge in [0.2, 0.25) is 0 Å². The SMILES string of the molecule is COc1cc2nc(CSc3nc4ncccc4[nH]3)[nH]c(=O)c2cc1OC. The minimum Gasteiger partial charge on any atom is -0.493 e. The highest BCUT2D eigenvalue weighted by atomic mass is 32.2. The summed E-state index contributed by atoms with van der Waals surface area (Å²) in [6.45, 7) is 0. The van der Waals surface area contributed by atoms with Gasteiger partial charge in [0.05, 0.1) is 36.4 Å². The molecule has 0 aliphatic carbocycles. The molecule has 8 nitrogen and oxygen atoms in total. The van der Waals surface area contributed by atoms with Crippen molar-refractivity contribution in [3.8, 4) is 11.5 Å². The fraction of sp³-hybridized carbons (Fsp3) is 0.176. The molecule has 0 saturated heterocycles. The Morgan fingerprint density at radius 2 is 1.92 bits per heavy atom. The highest BCUT2D eigenvalue weighted by molar-refractivity contribution is 7.98. The molecule has 26 heavy (non-hydrogen) atoms. The maximum atomic E-state index is 12.4. The van der Waals surface area contributed by atoms with E-state index in [0.29, 0.717) is 44.8 Å². The summed E-state index contributed by atoms with van der Waals surface area (Å²) in [6, 6.07) is 7.08. The summed E-state index contributed by atoms with van der Waals surface area (Å²) in [5, 5.41) is 1.16. The number of aromatic nitrogens is 5. The van der Waals surface area contributed by atoms with E-state index in [2.05, 4.69) is 24.9 Å². The minimum absolute atomic E-state index is 0.224. The largest absolute Gasteiger partial charge is 0.493 e. The molecule has 4 rings (SSSR count). The van der Waals surface area contributed by atoms with Crippen molar-refractivity contribution in [3.63, 3.8) is 0 Å². The van der Waals surface area contributed by atoms with Crippen molar-refractivity contribution in [2.75, 3.05) is 14.2 Å². The predicted molar refractivity (Wildman–Crippen MR) is 98.9 cm³/mol. The summed E-state index contributed by atoms with van der Waals surface area (Å²) >= 11 is 1.44. The lowest BCUT2D eigenvalue weighted by atomic mass is 10.2. The van der Waals surface area contributed by atoms with Gasteiger partial charge < -0.3 is 19.4 Å². The number of nitrogens with one attached hydrogen (secondary N) is 2. The molecule has 0 aliphatic heterocycles. The first kappa shape index (κ1) is 16.4. The van der Waals surface area contributed by atoms with Gasteiger partial charge in [0.25, 0.3) is 5.56 Å². The normalized spacial score (nSPS) is 11.2. The number of ether oxygens (including phenoxy) is 2. The third-order valence-corrected chi connectivity index (χ3v) is 4.73. The maximum Gasteiger partial charge on any atom is 0.258 e. The van der Waals surface area contributed by atoms with Gasteiger partial charge in [0, 0.05) is 12.3 Å². The van der Waals surface area contributed by atoms with Crippen LogP contribution in [0.1, 0.15) is 5.82 Å². The Labute approximate surface area is 152 Å². The fourth-order valence-corrected chi connectivity index (χ4v) is 3.35. The molecule has 1 aromatic carbocycles. The molecule has 132 valence electrons. The fourth-order valence-electron chi connectivity index (χ4n) is 2.61. The lowest BCUT2D eigenvalue weighted by molar-refractivity contribution is 0.355. The van der Waals surface area contributed by atoms with Crippen LogP contribution >= 0.6 is 11.8 Å². The molecule has 0 amide bonds. The minimum atomic E-state index is -0.224. The highest BCUT2D eigenvalue weighted by Crippen LogP contribution is 2.30. The molecule has 9 heteroatoms. The Bertz CT molecular complexity index is 1120. The second kappa shape index (κ2) is 6.68. The van der Waals surface area contributed by atoms with Crippen molar-refractivity contribution in [2.24, 2.45) is 0 Å². The summed E-state index contributed by atoms with van der Waals surface area (Å²) in [7, 11) is 3.07. The molecule has 0 saturated carbocycles. The van der Waals surface area contributed by atoms with Gasteiger partial charge in [-0.1, -0.05) is 11.8 Å². The van der Waals surface area contributed by atoms with Crippen LogP contribution in [0.4, 0.5) is 0 Å². The zero-order chi connectivity index (χ0) is 18.1. The van der Waals surface area contributed by atoms with E-state index in [9.17, 15) is 4.79 Å². The number of nitrogens with zero attached hydrogens (tertiary/aromatic N) is 3. The van der Waals surface area contributed by atoms with Crippen LogP contribution in [0.15, 0.2) is 40.4 Å². The van der Waals surface area contributed by atoms with Gasteiger partial charge in [-0.25, -0.2) is 15.0 Å². The van der Waals surface area contributed by atoms with Crippen LogP contribution in [0.2, 0.25) is 0 Å². The van der Waals surface area contributed by atoms with Crippen molar-refractivity contribution in [1.29, 1.82) is 0 Å². The number of hydrogen-bond donors (Lipinski definition) is 2. The molecule has 2 N–H and O–H groups in total. The van der Waals surface area contributed by atoms with E-state index in [1.165, 1.54) is 18.9 Å². The van der Waals surface area contributed by atoms with Gasteiger partial charge in [0.1, 0.15) is 5.82 Å². The van der Waals surface area contributed by atoms with Crippen molar-refractivity contribution in [2.45, 2.75) is 10.9 Å². The van der Waals surface area contributed by atoms with Crippen LogP contribution in [0.3, 0.4) is 0 Å². The van der Waals surface area contributed by atoms with Crippen LogP contribution in [-0.4, -0.2) is 39.1 Å². The molecule has 4 aromatic rings. The first-order chi connectivity index (χ1) is 12.7. The van der Waals surface area contributed by atoms with Crippen molar-refractivity contribution in [3.05, 3.63) is 46.6 Å². The van der Waals surface area contributed by atoms with Crippen LogP contribution < -0.4 is 15.0 Å². The topological polar surface area (TPSA) is 106 Å². The Kier molecular flexibility index (Phi) is 4.21. The number of aromatic amines is 2. The monoisotopic (exact) mass is 369 g/mol. The summed E-state index contributed by atoms with van der Waals surface area (Å²) in [5.41, 5.74) is 1.85. The smallest absolute Gasteiger partial charge is 0.258 e. The number of methoxy groups -OCH3 is 2. The van der Waals surface area contributed by atoms with Gasteiger partial charge in [-0.2, -0.15) is 0 Å². The molecule has 0 unspecified atom stereocenters. The van der Waals surface area contributed by atoms with E-state index in [1.54, 1.807) is 25.4 Å². The van der Waals surface area contributed by atoms with E-state index in [0.717, 1.165) is 5.52 Å². The molecule has 0 radical (unpaired) electrons. The van der Waals surface area contributed by atoms with Crippen LogP contribution in [0, 0.1) is 0 Å². The van der Waals surface area contributed by atoms with Gasteiger partial charge in [0.15, 0.2) is 22.3 Å². The maximum absolute atomic E-state index is 12.4. The molecule has 3 aromatic heterocycles. The van der Waals surface area contributed by atoms with Crippen molar-refractivity contribution >= 4 is 33.8 Å². The summed E-state index contributed by atoms with van der Waals surface area (Å²) in [5.74, 6) is 2.02. The van der Waals surface area contributed by atoms with Crippen LogP contribution in [-0.2, 0) is 5.75 Å². The standard InChI is InChI=1S/C17H15N5O3S/c1-24-12-6-9-11(7-13(12)25-2)19-14(21-16(9)23)8-26-17-20-10-4-3-5-18-15(10)22-17/h3-7H,8H2,1-2H3,(H,18,20,22)(H,19,21,23). The van der Waals surface area contributed by atoms with Gasteiger partial charge in [-0.15, -0.1) is 0 Å². The average molecular weight is 369 g/mol. The van der Waals surface area contributed by atoms with E-state index in [-0.39, 0.29) is 5.56 Å². The first-order valence-corrected chi connectivity index (χ1v) is 8.75. The number of pyridine rings is 1. The molecule has 0 aliphatic rings. The van der Waals surface area contributed by atoms with Crippen molar-refractivity contribution < 1.29 is 9.47 Å². The molecular formula is C17H15N5O3S. The Morgan fingerprint density at radius 1 is 1.12 bits per heavy atom.